The summed E-state index contributed by atoms with van der Waals surface area (Å²) in [6.07, 6.45) is 0. The van der Waals surface area contributed by atoms with E-state index in [4.69, 9.17) is 10.5 Å². The van der Waals surface area contributed by atoms with Crippen LogP contribution in [0.2, 0.25) is 0 Å². The third kappa shape index (κ3) is 2.18. The summed E-state index contributed by atoms with van der Waals surface area (Å²) in [6, 6.07) is 10.9. The summed E-state index contributed by atoms with van der Waals surface area (Å²) < 4.78 is 5.19. The summed E-state index contributed by atoms with van der Waals surface area (Å²) in [6.45, 7) is 1.99. The molecule has 0 amide bonds. The number of hydrogen-bond acceptors (Lipinski definition) is 3. The Hall–Kier alpha value is -2.16. The molecule has 0 aliphatic rings. The first-order chi connectivity index (χ1) is 8.11. The number of rotatable bonds is 2. The lowest BCUT2D eigenvalue weighted by Gasteiger charge is -2.10. The van der Waals surface area contributed by atoms with Crippen LogP contribution in [0.25, 0.3) is 11.1 Å². The maximum Gasteiger partial charge on any atom is 0.125 e. The highest BCUT2D eigenvalue weighted by atomic mass is 16.5. The van der Waals surface area contributed by atoms with Crippen LogP contribution in [0, 0.1) is 6.92 Å². The van der Waals surface area contributed by atoms with Gasteiger partial charge in [0.2, 0.25) is 0 Å². The van der Waals surface area contributed by atoms with E-state index in [0.717, 1.165) is 22.4 Å². The van der Waals surface area contributed by atoms with Gasteiger partial charge in [-0.2, -0.15) is 0 Å². The van der Waals surface area contributed by atoms with Crippen molar-refractivity contribution in [3.8, 4) is 22.6 Å². The molecule has 3 nitrogen and oxygen atoms in total. The monoisotopic (exact) mass is 229 g/mol. The van der Waals surface area contributed by atoms with E-state index in [1.807, 2.05) is 31.2 Å². The van der Waals surface area contributed by atoms with E-state index in [1.165, 1.54) is 0 Å². The Labute approximate surface area is 100 Å². The van der Waals surface area contributed by atoms with Gasteiger partial charge in [-0.25, -0.2) is 0 Å². The Bertz CT molecular complexity index is 550. The number of ether oxygens (including phenoxy) is 1. The molecule has 0 aromatic heterocycles. The van der Waals surface area contributed by atoms with Crippen molar-refractivity contribution in [2.45, 2.75) is 6.92 Å². The molecule has 0 aliphatic heterocycles. The van der Waals surface area contributed by atoms with E-state index >= 15 is 0 Å². The lowest BCUT2D eigenvalue weighted by molar-refractivity contribution is 0.415. The summed E-state index contributed by atoms with van der Waals surface area (Å²) in [5, 5.41) is 9.91. The van der Waals surface area contributed by atoms with E-state index in [1.54, 1.807) is 19.2 Å². The van der Waals surface area contributed by atoms with E-state index in [-0.39, 0.29) is 5.75 Å². The Kier molecular flexibility index (Phi) is 2.91. The molecule has 0 saturated carbocycles. The zero-order chi connectivity index (χ0) is 12.4. The first-order valence-corrected chi connectivity index (χ1v) is 5.35. The molecule has 2 aromatic rings. The highest BCUT2D eigenvalue weighted by Gasteiger charge is 2.08. The Morgan fingerprint density at radius 3 is 2.47 bits per heavy atom. The second kappa shape index (κ2) is 4.37. The SMILES string of the molecule is COc1ccc(C)c(-c2ccc(N)cc2O)c1. The second-order valence-corrected chi connectivity index (χ2v) is 3.96. The molecule has 2 rings (SSSR count). The molecule has 3 N–H and O–H groups in total. The van der Waals surface area contributed by atoms with Crippen LogP contribution < -0.4 is 10.5 Å². The average Bonchev–Trinajstić information content (AvgIpc) is 2.30. The number of methoxy groups -OCH3 is 1. The van der Waals surface area contributed by atoms with Gasteiger partial charge in [0.1, 0.15) is 11.5 Å². The molecule has 17 heavy (non-hydrogen) atoms. The Balaban J connectivity index is 2.59. The molecule has 0 aliphatic carbocycles. The first-order valence-electron chi connectivity index (χ1n) is 5.35. The van der Waals surface area contributed by atoms with Gasteiger partial charge in [0.25, 0.3) is 0 Å². The van der Waals surface area contributed by atoms with Crippen molar-refractivity contribution in [1.29, 1.82) is 0 Å². The minimum absolute atomic E-state index is 0.182. The molecule has 0 unspecified atom stereocenters. The summed E-state index contributed by atoms with van der Waals surface area (Å²) >= 11 is 0. The molecule has 88 valence electrons. The van der Waals surface area contributed by atoms with Gasteiger partial charge in [0, 0.05) is 17.3 Å². The van der Waals surface area contributed by atoms with Crippen molar-refractivity contribution < 1.29 is 9.84 Å². The van der Waals surface area contributed by atoms with Crippen LogP contribution in [-0.2, 0) is 0 Å². The van der Waals surface area contributed by atoms with Crippen LogP contribution in [0.1, 0.15) is 5.56 Å². The van der Waals surface area contributed by atoms with Crippen LogP contribution >= 0.6 is 0 Å². The summed E-state index contributed by atoms with van der Waals surface area (Å²) in [5.41, 5.74) is 8.94. The Morgan fingerprint density at radius 1 is 1.06 bits per heavy atom. The van der Waals surface area contributed by atoms with Gasteiger partial charge >= 0.3 is 0 Å². The highest BCUT2D eigenvalue weighted by Crippen LogP contribution is 2.34. The zero-order valence-electron chi connectivity index (χ0n) is 9.90. The third-order valence-corrected chi connectivity index (χ3v) is 2.76. The van der Waals surface area contributed by atoms with Gasteiger partial charge < -0.3 is 15.6 Å². The number of aromatic hydroxyl groups is 1. The predicted octanol–water partition coefficient (Wildman–Crippen LogP) is 2.96. The molecule has 0 saturated heterocycles. The van der Waals surface area contributed by atoms with E-state index in [9.17, 15) is 5.11 Å². The minimum atomic E-state index is 0.182. The predicted molar refractivity (Wildman–Crippen MR) is 69.2 cm³/mol. The van der Waals surface area contributed by atoms with Crippen LogP contribution in [0.15, 0.2) is 36.4 Å². The van der Waals surface area contributed by atoms with Crippen LogP contribution in [0.5, 0.6) is 11.5 Å². The number of aryl methyl sites for hydroxylation is 1. The van der Waals surface area contributed by atoms with Gasteiger partial charge in [-0.1, -0.05) is 6.07 Å². The van der Waals surface area contributed by atoms with Gasteiger partial charge in [-0.3, -0.25) is 0 Å². The molecule has 0 bridgehead atoms. The number of nitrogen functional groups attached to an aromatic ring is 1. The van der Waals surface area contributed by atoms with Crippen LogP contribution in [-0.4, -0.2) is 12.2 Å². The lowest BCUT2D eigenvalue weighted by Crippen LogP contribution is -1.89. The maximum atomic E-state index is 9.91. The molecule has 0 atom stereocenters. The molecule has 0 fully saturated rings. The van der Waals surface area contributed by atoms with Gasteiger partial charge in [-0.05, 0) is 42.3 Å². The molecular formula is C14H15NO2. The van der Waals surface area contributed by atoms with E-state index in [2.05, 4.69) is 0 Å². The molecule has 0 radical (unpaired) electrons. The van der Waals surface area contributed by atoms with Gasteiger partial charge in [0.15, 0.2) is 0 Å². The van der Waals surface area contributed by atoms with Crippen molar-refractivity contribution in [3.63, 3.8) is 0 Å². The zero-order valence-corrected chi connectivity index (χ0v) is 9.90. The molecule has 2 aromatic carbocycles. The Morgan fingerprint density at radius 2 is 1.82 bits per heavy atom. The van der Waals surface area contributed by atoms with Crippen molar-refractivity contribution in [2.75, 3.05) is 12.8 Å². The highest BCUT2D eigenvalue weighted by molar-refractivity contribution is 5.75. The normalized spacial score (nSPS) is 10.2. The minimum Gasteiger partial charge on any atom is -0.507 e. The largest absolute Gasteiger partial charge is 0.507 e. The second-order valence-electron chi connectivity index (χ2n) is 3.96. The van der Waals surface area contributed by atoms with E-state index < -0.39 is 0 Å². The molecule has 0 spiro atoms. The standard InChI is InChI=1S/C14H15NO2/c1-9-3-5-11(17-2)8-13(9)12-6-4-10(15)7-14(12)16/h3-8,16H,15H2,1-2H3. The van der Waals surface area contributed by atoms with Crippen LogP contribution in [0.3, 0.4) is 0 Å². The number of phenolic OH excluding ortho intramolecular Hbond substituents is 1. The fourth-order valence-electron chi connectivity index (χ4n) is 1.79. The van der Waals surface area contributed by atoms with Crippen molar-refractivity contribution in [2.24, 2.45) is 0 Å². The van der Waals surface area contributed by atoms with E-state index in [0.29, 0.717) is 5.69 Å². The molecule has 0 heterocycles. The third-order valence-electron chi connectivity index (χ3n) is 2.76. The average molecular weight is 229 g/mol. The number of anilines is 1. The lowest BCUT2D eigenvalue weighted by atomic mass is 9.99. The van der Waals surface area contributed by atoms with Crippen molar-refractivity contribution >= 4 is 5.69 Å². The number of benzene rings is 2. The summed E-state index contributed by atoms with van der Waals surface area (Å²) in [4.78, 5) is 0. The first kappa shape index (κ1) is 11.3. The summed E-state index contributed by atoms with van der Waals surface area (Å²) in [5.74, 6) is 0.947. The van der Waals surface area contributed by atoms with Gasteiger partial charge in [-0.15, -0.1) is 0 Å². The van der Waals surface area contributed by atoms with Crippen molar-refractivity contribution in [3.05, 3.63) is 42.0 Å². The molecule has 3 heteroatoms. The van der Waals surface area contributed by atoms with Crippen molar-refractivity contribution in [1.82, 2.24) is 0 Å². The molecular weight excluding hydrogens is 214 g/mol. The quantitative estimate of drug-likeness (QED) is 0.778. The number of phenols is 1. The van der Waals surface area contributed by atoms with Gasteiger partial charge in [0.05, 0.1) is 7.11 Å². The smallest absolute Gasteiger partial charge is 0.125 e. The fraction of sp³-hybridized carbons (Fsp3) is 0.143. The fourth-order valence-corrected chi connectivity index (χ4v) is 1.79. The topological polar surface area (TPSA) is 55.5 Å². The summed E-state index contributed by atoms with van der Waals surface area (Å²) in [7, 11) is 1.62. The maximum absolute atomic E-state index is 9.91. The number of nitrogens with two attached hydrogens (primary N) is 1. The number of hydrogen-bond donors (Lipinski definition) is 2. The van der Waals surface area contributed by atoms with Crippen LogP contribution in [0.4, 0.5) is 5.69 Å².